The molecule has 1 N–H and O–H groups in total. The second-order valence-corrected chi connectivity index (χ2v) is 6.02. The van der Waals surface area contributed by atoms with Crippen LogP contribution < -0.4 is 10.1 Å². The molecule has 1 aromatic carbocycles. The first-order valence-corrected chi connectivity index (χ1v) is 7.18. The van der Waals surface area contributed by atoms with Crippen molar-refractivity contribution >= 4 is 27.8 Å². The number of rotatable bonds is 3. The highest BCUT2D eigenvalue weighted by Crippen LogP contribution is 2.40. The Morgan fingerprint density at radius 3 is 2.85 bits per heavy atom. The molecule has 3 rings (SSSR count). The number of nitrogens with one attached hydrogen (secondary N) is 1. The molecule has 106 valence electrons. The topological polar surface area (TPSA) is 64.6 Å². The Labute approximate surface area is 124 Å². The van der Waals surface area contributed by atoms with E-state index in [4.69, 9.17) is 9.47 Å². The predicted molar refractivity (Wildman–Crippen MR) is 74.5 cm³/mol. The first-order valence-electron chi connectivity index (χ1n) is 6.38. The minimum atomic E-state index is -0.819. The molecular formula is C14H14BrNO4. The lowest BCUT2D eigenvalue weighted by Crippen LogP contribution is -2.46. The molecule has 0 saturated heterocycles. The number of amides is 1. The summed E-state index contributed by atoms with van der Waals surface area (Å²) in [7, 11) is 1.33. The maximum atomic E-state index is 12.4. The summed E-state index contributed by atoms with van der Waals surface area (Å²) in [5.74, 6) is -0.232. The van der Waals surface area contributed by atoms with Gasteiger partial charge in [0.1, 0.15) is 23.8 Å². The van der Waals surface area contributed by atoms with Crippen molar-refractivity contribution < 1.29 is 19.1 Å². The van der Waals surface area contributed by atoms with E-state index >= 15 is 0 Å². The van der Waals surface area contributed by atoms with Gasteiger partial charge in [0.05, 0.1) is 7.11 Å². The van der Waals surface area contributed by atoms with Gasteiger partial charge in [-0.3, -0.25) is 4.79 Å². The van der Waals surface area contributed by atoms with Crippen molar-refractivity contribution in [3.05, 3.63) is 28.2 Å². The predicted octanol–water partition coefficient (Wildman–Crippen LogP) is 1.75. The third-order valence-electron chi connectivity index (χ3n) is 3.76. The van der Waals surface area contributed by atoms with Crippen LogP contribution in [0.3, 0.4) is 0 Å². The monoisotopic (exact) mass is 339 g/mol. The Hall–Kier alpha value is -1.56. The van der Waals surface area contributed by atoms with Crippen LogP contribution in [0, 0.1) is 0 Å². The quantitative estimate of drug-likeness (QED) is 0.852. The number of carbonyl (C=O) groups excluding carboxylic acids is 2. The number of ether oxygens (including phenoxy) is 2. The second-order valence-electron chi connectivity index (χ2n) is 5.11. The normalized spacial score (nSPS) is 21.6. The van der Waals surface area contributed by atoms with Crippen LogP contribution in [0.25, 0.3) is 0 Å². The van der Waals surface area contributed by atoms with Crippen LogP contribution >= 0.6 is 15.9 Å². The molecule has 1 aliphatic carbocycles. The molecule has 0 unspecified atom stereocenters. The van der Waals surface area contributed by atoms with E-state index in [0.717, 1.165) is 15.8 Å². The van der Waals surface area contributed by atoms with Gasteiger partial charge < -0.3 is 14.8 Å². The van der Waals surface area contributed by atoms with Crippen LogP contribution in [0.5, 0.6) is 5.75 Å². The van der Waals surface area contributed by atoms with Gasteiger partial charge >= 0.3 is 5.97 Å². The summed E-state index contributed by atoms with van der Waals surface area (Å²) in [5.41, 5.74) is 0.0261. The van der Waals surface area contributed by atoms with Crippen molar-refractivity contribution in [2.24, 2.45) is 0 Å². The Morgan fingerprint density at radius 2 is 2.20 bits per heavy atom. The smallest absolute Gasteiger partial charge is 0.331 e. The van der Waals surface area contributed by atoms with E-state index in [1.54, 1.807) is 0 Å². The summed E-state index contributed by atoms with van der Waals surface area (Å²) >= 11 is 3.39. The van der Waals surface area contributed by atoms with E-state index in [0.29, 0.717) is 19.4 Å². The minimum Gasteiger partial charge on any atom is -0.492 e. The first kappa shape index (κ1) is 13.4. The number of methoxy groups -OCH3 is 1. The third kappa shape index (κ3) is 2.18. The molecule has 1 aromatic rings. The summed E-state index contributed by atoms with van der Waals surface area (Å²) in [5, 5.41) is 2.81. The van der Waals surface area contributed by atoms with Crippen molar-refractivity contribution in [2.45, 2.75) is 24.3 Å². The average Bonchev–Trinajstić information content (AvgIpc) is 3.09. The summed E-state index contributed by atoms with van der Waals surface area (Å²) < 4.78 is 11.1. The van der Waals surface area contributed by atoms with Gasteiger partial charge in [-0.05, 0) is 31.0 Å². The zero-order valence-corrected chi connectivity index (χ0v) is 12.5. The molecule has 1 heterocycles. The van der Waals surface area contributed by atoms with Gasteiger partial charge in [0.2, 0.25) is 5.91 Å². The fourth-order valence-corrected chi connectivity index (χ4v) is 2.81. The van der Waals surface area contributed by atoms with Gasteiger partial charge in [-0.1, -0.05) is 15.9 Å². The molecule has 2 aliphatic rings. The average molecular weight is 340 g/mol. The summed E-state index contributed by atoms with van der Waals surface area (Å²) in [6.45, 7) is 0.300. The van der Waals surface area contributed by atoms with Gasteiger partial charge in [0.15, 0.2) is 0 Å². The van der Waals surface area contributed by atoms with Gasteiger partial charge in [-0.2, -0.15) is 0 Å². The third-order valence-corrected chi connectivity index (χ3v) is 4.25. The molecule has 1 fully saturated rings. The van der Waals surface area contributed by atoms with E-state index in [2.05, 4.69) is 21.2 Å². The van der Waals surface area contributed by atoms with Crippen molar-refractivity contribution in [1.82, 2.24) is 5.32 Å². The highest BCUT2D eigenvalue weighted by atomic mass is 79.9. The molecule has 0 bridgehead atoms. The number of esters is 1. The minimum absolute atomic E-state index is 0.190. The maximum absolute atomic E-state index is 12.4. The maximum Gasteiger partial charge on any atom is 0.331 e. The molecule has 0 aromatic heterocycles. The van der Waals surface area contributed by atoms with Crippen LogP contribution in [-0.4, -0.2) is 31.1 Å². The zero-order chi connectivity index (χ0) is 14.3. The van der Waals surface area contributed by atoms with Crippen molar-refractivity contribution in [3.63, 3.8) is 0 Å². The summed E-state index contributed by atoms with van der Waals surface area (Å²) in [4.78, 5) is 24.1. The van der Waals surface area contributed by atoms with E-state index < -0.39 is 5.54 Å². The van der Waals surface area contributed by atoms with Gasteiger partial charge in [-0.25, -0.2) is 4.79 Å². The first-order chi connectivity index (χ1) is 9.55. The van der Waals surface area contributed by atoms with Crippen LogP contribution in [0.2, 0.25) is 0 Å². The fourth-order valence-electron chi connectivity index (χ4n) is 2.43. The second kappa shape index (κ2) is 4.77. The molecule has 1 atom stereocenters. The summed E-state index contributed by atoms with van der Waals surface area (Å²) in [6.07, 6.45) is 1.26. The lowest BCUT2D eigenvalue weighted by molar-refractivity contribution is -0.146. The molecule has 20 heavy (non-hydrogen) atoms. The Morgan fingerprint density at radius 1 is 1.45 bits per heavy atom. The SMILES string of the molecule is COC(=O)C1(NC(=O)[C@H]2COc3ccc(Br)cc32)CC1. The molecule has 1 amide bonds. The summed E-state index contributed by atoms with van der Waals surface area (Å²) in [6, 6.07) is 5.58. The van der Waals surface area contributed by atoms with Crippen molar-refractivity contribution in [3.8, 4) is 5.75 Å². The molecule has 5 nitrogen and oxygen atoms in total. The van der Waals surface area contributed by atoms with Crippen molar-refractivity contribution in [2.75, 3.05) is 13.7 Å². The van der Waals surface area contributed by atoms with E-state index in [1.807, 2.05) is 18.2 Å². The number of hydrogen-bond donors (Lipinski definition) is 1. The Balaban J connectivity index is 1.77. The Bertz CT molecular complexity index is 583. The van der Waals surface area contributed by atoms with Crippen LogP contribution in [0.15, 0.2) is 22.7 Å². The van der Waals surface area contributed by atoms with E-state index in [1.165, 1.54) is 7.11 Å². The molecule has 0 radical (unpaired) electrons. The highest BCUT2D eigenvalue weighted by molar-refractivity contribution is 9.10. The van der Waals surface area contributed by atoms with Gasteiger partial charge in [-0.15, -0.1) is 0 Å². The van der Waals surface area contributed by atoms with Crippen molar-refractivity contribution in [1.29, 1.82) is 0 Å². The molecular weight excluding hydrogens is 326 g/mol. The lowest BCUT2D eigenvalue weighted by Gasteiger charge is -2.17. The number of hydrogen-bond acceptors (Lipinski definition) is 4. The molecule has 0 spiro atoms. The van der Waals surface area contributed by atoms with Crippen LogP contribution in [0.4, 0.5) is 0 Å². The van der Waals surface area contributed by atoms with E-state index in [9.17, 15) is 9.59 Å². The molecule has 6 heteroatoms. The molecule has 1 aliphatic heterocycles. The van der Waals surface area contributed by atoms with Gasteiger partial charge in [0, 0.05) is 10.0 Å². The number of halogens is 1. The van der Waals surface area contributed by atoms with Crippen LogP contribution in [0.1, 0.15) is 24.3 Å². The Kier molecular flexibility index (Phi) is 3.20. The van der Waals surface area contributed by atoms with Gasteiger partial charge in [0.25, 0.3) is 0 Å². The largest absolute Gasteiger partial charge is 0.492 e. The lowest BCUT2D eigenvalue weighted by atomic mass is 10.00. The fraction of sp³-hybridized carbons (Fsp3) is 0.429. The van der Waals surface area contributed by atoms with E-state index in [-0.39, 0.29) is 17.8 Å². The number of fused-ring (bicyclic) bond motifs is 1. The van der Waals surface area contributed by atoms with Crippen LogP contribution in [-0.2, 0) is 14.3 Å². The standard InChI is InChI=1S/C14H14BrNO4/c1-19-13(18)14(4-5-14)16-12(17)10-7-20-11-3-2-8(15)6-9(10)11/h2-3,6,10H,4-5,7H2,1H3,(H,16,17)/t10-/m0/s1. The molecule has 1 saturated carbocycles. The highest BCUT2D eigenvalue weighted by Gasteiger charge is 2.53. The number of benzene rings is 1. The number of carbonyl (C=O) groups is 2. The zero-order valence-electron chi connectivity index (χ0n) is 10.9.